The van der Waals surface area contributed by atoms with Crippen LogP contribution < -0.4 is 26.0 Å². The average molecular weight is 611 g/mol. The first kappa shape index (κ1) is 33.9. The molecule has 4 atom stereocenters. The monoisotopic (exact) mass is 610 g/mol. The van der Waals surface area contributed by atoms with Gasteiger partial charge in [-0.3, -0.25) is 24.0 Å². The van der Waals surface area contributed by atoms with E-state index in [0.29, 0.717) is 19.4 Å². The maximum absolute atomic E-state index is 13.6. The number of rotatable bonds is 14. The minimum Gasteiger partial charge on any atom is -0.405 e. The van der Waals surface area contributed by atoms with E-state index < -0.39 is 65.0 Å². The van der Waals surface area contributed by atoms with E-state index in [1.54, 1.807) is 13.0 Å². The number of carbonyl (C=O) groups excluding carboxylic acids is 5. The van der Waals surface area contributed by atoms with Crippen molar-refractivity contribution in [3.63, 3.8) is 0 Å². The number of benzene rings is 1. The molecule has 4 N–H and O–H groups in total. The highest BCUT2D eigenvalue weighted by Crippen LogP contribution is 2.34. The zero-order valence-electron chi connectivity index (χ0n) is 24.9. The highest BCUT2D eigenvalue weighted by molar-refractivity contribution is 6.38. The molecule has 2 fully saturated rings. The second-order valence-electron chi connectivity index (χ2n) is 12.5. The zero-order valence-corrected chi connectivity index (χ0v) is 24.9. The number of nitrogens with one attached hydrogen (secondary N) is 4. The van der Waals surface area contributed by atoms with Gasteiger partial charge < -0.3 is 26.0 Å². The molecule has 0 radical (unpaired) electrons. The molecule has 1 aromatic rings. The van der Waals surface area contributed by atoms with Gasteiger partial charge in [-0.15, -0.1) is 13.2 Å². The van der Waals surface area contributed by atoms with Crippen LogP contribution in [0.25, 0.3) is 0 Å². The van der Waals surface area contributed by atoms with Crippen LogP contribution >= 0.6 is 0 Å². The number of amides is 4. The molecule has 0 bridgehead atoms. The molecule has 10 nitrogen and oxygen atoms in total. The van der Waals surface area contributed by atoms with Gasteiger partial charge in [0.2, 0.25) is 23.5 Å². The Balaban J connectivity index is 1.76. The Morgan fingerprint density at radius 2 is 1.70 bits per heavy atom. The van der Waals surface area contributed by atoms with Crippen molar-refractivity contribution < 1.29 is 41.9 Å². The maximum Gasteiger partial charge on any atom is 0.573 e. The Hall–Kier alpha value is -3.64. The van der Waals surface area contributed by atoms with Crippen molar-refractivity contribution in [1.82, 2.24) is 21.3 Å². The number of carbonyl (C=O) groups is 5. The van der Waals surface area contributed by atoms with Crippen molar-refractivity contribution in [2.75, 3.05) is 6.54 Å². The van der Waals surface area contributed by atoms with Gasteiger partial charge in [-0.25, -0.2) is 0 Å². The molecule has 1 saturated carbocycles. The third-order valence-electron chi connectivity index (χ3n) is 7.43. The van der Waals surface area contributed by atoms with Crippen LogP contribution in [0.2, 0.25) is 0 Å². The van der Waals surface area contributed by atoms with Gasteiger partial charge in [0.25, 0.3) is 5.91 Å². The molecule has 13 heteroatoms. The number of alkyl halides is 3. The quantitative estimate of drug-likeness (QED) is 0.238. The van der Waals surface area contributed by atoms with Gasteiger partial charge in [0.15, 0.2) is 0 Å². The summed E-state index contributed by atoms with van der Waals surface area (Å²) in [6.07, 6.45) is -2.77. The fraction of sp³-hybridized carbons (Fsp3) is 0.633. The van der Waals surface area contributed by atoms with Crippen molar-refractivity contribution >= 4 is 29.4 Å². The van der Waals surface area contributed by atoms with Crippen molar-refractivity contribution in [2.45, 2.75) is 103 Å². The molecule has 3 unspecified atom stereocenters. The number of Topliss-reactive ketones (excluding diaryl/α,β-unsaturated/α-hetero) is 1. The van der Waals surface area contributed by atoms with E-state index in [9.17, 15) is 37.1 Å². The summed E-state index contributed by atoms with van der Waals surface area (Å²) in [5, 5.41) is 10.6. The van der Waals surface area contributed by atoms with Gasteiger partial charge in [-0.05, 0) is 61.5 Å². The van der Waals surface area contributed by atoms with Crippen LogP contribution in [0, 0.1) is 11.3 Å². The van der Waals surface area contributed by atoms with Gasteiger partial charge in [0.1, 0.15) is 11.8 Å². The molecule has 1 aromatic carbocycles. The van der Waals surface area contributed by atoms with Crippen LogP contribution in [0.3, 0.4) is 0 Å². The summed E-state index contributed by atoms with van der Waals surface area (Å²) >= 11 is 0. The Morgan fingerprint density at radius 3 is 2.26 bits per heavy atom. The first-order valence-electron chi connectivity index (χ1n) is 14.6. The Kier molecular flexibility index (Phi) is 11.2. The summed E-state index contributed by atoms with van der Waals surface area (Å²) in [6.45, 7) is 7.71. The van der Waals surface area contributed by atoms with E-state index in [-0.39, 0.29) is 36.8 Å². The topological polar surface area (TPSA) is 143 Å². The van der Waals surface area contributed by atoms with Gasteiger partial charge in [0, 0.05) is 24.9 Å². The number of hydrogen-bond acceptors (Lipinski definition) is 6. The number of hydrogen-bond donors (Lipinski definition) is 4. The lowest BCUT2D eigenvalue weighted by Gasteiger charge is -2.29. The number of ketones is 1. The SMILES string of the molecule is CCC(CC(=O)N[C@@H](CC(C)(C)C)C(=O)NC(CC1CCNC1=O)C(=O)C(=O)NC1CC1)c1ccccc1OC(F)(F)F. The van der Waals surface area contributed by atoms with E-state index in [0.717, 1.165) is 12.8 Å². The Morgan fingerprint density at radius 1 is 1.02 bits per heavy atom. The number of ether oxygens (including phenoxy) is 1. The van der Waals surface area contributed by atoms with Gasteiger partial charge in [-0.1, -0.05) is 45.9 Å². The third kappa shape index (κ3) is 10.9. The van der Waals surface area contributed by atoms with Crippen LogP contribution in [0.5, 0.6) is 5.75 Å². The molecular weight excluding hydrogens is 569 g/mol. The van der Waals surface area contributed by atoms with Crippen molar-refractivity contribution in [3.05, 3.63) is 29.8 Å². The van der Waals surface area contributed by atoms with Crippen molar-refractivity contribution in [2.24, 2.45) is 11.3 Å². The van der Waals surface area contributed by atoms with E-state index in [2.05, 4.69) is 26.0 Å². The standard InChI is InChI=1S/C30H41F3N4O6/c1-5-17(20-8-6-7-9-23(20)43-30(31,32)33)15-24(38)36-22(16-29(2,3)4)27(41)37-21(14-18-12-13-34-26(18)40)25(39)28(42)35-19-10-11-19/h6-9,17-19,21-22H,5,10-16H2,1-4H3,(H,34,40)(H,35,42)(H,36,38)(H,37,41)/t17?,18?,21?,22-/m0/s1. The fourth-order valence-corrected chi connectivity index (χ4v) is 5.11. The molecule has 238 valence electrons. The molecule has 1 aliphatic carbocycles. The minimum absolute atomic E-state index is 0.0709. The molecule has 2 aliphatic rings. The van der Waals surface area contributed by atoms with Crippen LogP contribution in [0.1, 0.15) is 84.1 Å². The summed E-state index contributed by atoms with van der Waals surface area (Å²) in [5.41, 5.74) is -0.252. The summed E-state index contributed by atoms with van der Waals surface area (Å²) in [5.74, 6) is -4.87. The predicted octanol–water partition coefficient (Wildman–Crippen LogP) is 3.25. The lowest BCUT2D eigenvalue weighted by molar-refractivity contribution is -0.275. The highest BCUT2D eigenvalue weighted by Gasteiger charge is 2.38. The largest absolute Gasteiger partial charge is 0.573 e. The van der Waals surface area contributed by atoms with Gasteiger partial charge >= 0.3 is 6.36 Å². The Labute approximate surface area is 249 Å². The lowest BCUT2D eigenvalue weighted by Crippen LogP contribution is -2.55. The smallest absolute Gasteiger partial charge is 0.405 e. The second kappa shape index (κ2) is 14.2. The first-order chi connectivity index (χ1) is 20.1. The molecule has 0 spiro atoms. The molecule has 0 aromatic heterocycles. The summed E-state index contributed by atoms with van der Waals surface area (Å²) in [6, 6.07) is 3.10. The van der Waals surface area contributed by atoms with E-state index in [1.165, 1.54) is 18.2 Å². The zero-order chi connectivity index (χ0) is 31.9. The van der Waals surface area contributed by atoms with Gasteiger partial charge in [0.05, 0.1) is 6.04 Å². The van der Waals surface area contributed by atoms with E-state index in [4.69, 9.17) is 0 Å². The summed E-state index contributed by atoms with van der Waals surface area (Å²) < 4.78 is 43.1. The molecule has 43 heavy (non-hydrogen) atoms. The Bertz CT molecular complexity index is 1200. The molecule has 1 saturated heterocycles. The number of halogens is 3. The van der Waals surface area contributed by atoms with E-state index >= 15 is 0 Å². The second-order valence-corrected chi connectivity index (χ2v) is 12.5. The lowest BCUT2D eigenvalue weighted by atomic mass is 9.87. The fourth-order valence-electron chi connectivity index (χ4n) is 5.11. The predicted molar refractivity (Wildman–Crippen MR) is 151 cm³/mol. The minimum atomic E-state index is -4.91. The highest BCUT2D eigenvalue weighted by atomic mass is 19.4. The van der Waals surface area contributed by atoms with Crippen molar-refractivity contribution in [1.29, 1.82) is 0 Å². The molecule has 3 rings (SSSR count). The van der Waals surface area contributed by atoms with E-state index in [1.807, 2.05) is 20.8 Å². The van der Waals surface area contributed by atoms with Crippen LogP contribution in [0.4, 0.5) is 13.2 Å². The summed E-state index contributed by atoms with van der Waals surface area (Å²) in [7, 11) is 0. The third-order valence-corrected chi connectivity index (χ3v) is 7.43. The first-order valence-corrected chi connectivity index (χ1v) is 14.6. The molecular formula is C30H41F3N4O6. The molecule has 1 aliphatic heterocycles. The number of para-hydroxylation sites is 1. The maximum atomic E-state index is 13.6. The summed E-state index contributed by atoms with van der Waals surface area (Å²) in [4.78, 5) is 64.7. The van der Waals surface area contributed by atoms with Gasteiger partial charge in [-0.2, -0.15) is 0 Å². The molecule has 4 amide bonds. The van der Waals surface area contributed by atoms with Crippen LogP contribution in [-0.4, -0.2) is 60.4 Å². The molecule has 1 heterocycles. The van der Waals surface area contributed by atoms with Crippen molar-refractivity contribution in [3.8, 4) is 5.75 Å². The normalized spacial score (nSPS) is 19.0. The average Bonchev–Trinajstić information content (AvgIpc) is 3.63. The van der Waals surface area contributed by atoms with Crippen LogP contribution in [0.15, 0.2) is 24.3 Å². The van der Waals surface area contributed by atoms with Crippen LogP contribution in [-0.2, 0) is 24.0 Å².